The number of benzene rings is 1. The van der Waals surface area contributed by atoms with Crippen LogP contribution in [0.15, 0.2) is 18.2 Å². The van der Waals surface area contributed by atoms with Gasteiger partial charge in [0.15, 0.2) is 6.61 Å². The number of nitrogens with zero attached hydrogens (tertiary/aromatic N) is 2. The van der Waals surface area contributed by atoms with Crippen LogP contribution < -0.4 is 10.1 Å². The Kier molecular flexibility index (Phi) is 4.58. The first-order valence-corrected chi connectivity index (χ1v) is 9.02. The van der Waals surface area contributed by atoms with Gasteiger partial charge in [-0.15, -0.1) is 10.2 Å². The molecule has 3 rings (SSSR count). The number of hydrogen-bond acceptors (Lipinski definition) is 5. The van der Waals surface area contributed by atoms with Gasteiger partial charge in [-0.05, 0) is 36.8 Å². The van der Waals surface area contributed by atoms with E-state index in [0.29, 0.717) is 11.0 Å². The van der Waals surface area contributed by atoms with Crippen LogP contribution in [0.25, 0.3) is 0 Å². The van der Waals surface area contributed by atoms with Crippen LogP contribution in [0.2, 0.25) is 0 Å². The molecule has 6 heteroatoms. The van der Waals surface area contributed by atoms with Crippen LogP contribution in [0.1, 0.15) is 55.7 Å². The second kappa shape index (κ2) is 6.51. The summed E-state index contributed by atoms with van der Waals surface area (Å²) in [5.41, 5.74) is 2.23. The Morgan fingerprint density at radius 1 is 1.33 bits per heavy atom. The molecule has 1 N–H and O–H groups in total. The fourth-order valence-electron chi connectivity index (χ4n) is 2.43. The van der Waals surface area contributed by atoms with Crippen LogP contribution in [-0.2, 0) is 10.2 Å². The first-order chi connectivity index (χ1) is 11.3. The van der Waals surface area contributed by atoms with E-state index in [4.69, 9.17) is 4.74 Å². The number of nitrogens with one attached hydrogen (secondary N) is 1. The van der Waals surface area contributed by atoms with E-state index in [9.17, 15) is 4.79 Å². The fourth-order valence-corrected chi connectivity index (χ4v) is 3.36. The molecule has 128 valence electrons. The highest BCUT2D eigenvalue weighted by Gasteiger charge is 2.27. The van der Waals surface area contributed by atoms with E-state index in [1.807, 2.05) is 12.1 Å². The van der Waals surface area contributed by atoms with Gasteiger partial charge in [0.25, 0.3) is 5.91 Å². The molecule has 1 aromatic carbocycles. The zero-order chi connectivity index (χ0) is 17.3. The van der Waals surface area contributed by atoms with Crippen molar-refractivity contribution in [3.8, 4) is 5.75 Å². The van der Waals surface area contributed by atoms with Gasteiger partial charge in [-0.2, -0.15) is 0 Å². The summed E-state index contributed by atoms with van der Waals surface area (Å²) >= 11 is 1.45. The van der Waals surface area contributed by atoms with Gasteiger partial charge in [0.1, 0.15) is 10.8 Å². The third kappa shape index (κ3) is 4.12. The van der Waals surface area contributed by atoms with Crippen molar-refractivity contribution < 1.29 is 9.53 Å². The largest absolute Gasteiger partial charge is 0.483 e. The normalized spacial score (nSPS) is 14.5. The lowest BCUT2D eigenvalue weighted by atomic mass is 9.85. The number of carbonyl (C=O) groups excluding carboxylic acids is 1. The molecule has 0 bridgehead atoms. The van der Waals surface area contributed by atoms with Crippen molar-refractivity contribution in [2.75, 3.05) is 11.9 Å². The number of anilines is 1. The summed E-state index contributed by atoms with van der Waals surface area (Å²) < 4.78 is 5.76. The molecular formula is C18H23N3O2S. The number of aryl methyl sites for hydroxylation is 1. The summed E-state index contributed by atoms with van der Waals surface area (Å²) in [5.74, 6) is 1.08. The lowest BCUT2D eigenvalue weighted by Crippen LogP contribution is -2.22. The smallest absolute Gasteiger partial charge is 0.264 e. The van der Waals surface area contributed by atoms with Crippen LogP contribution >= 0.6 is 11.3 Å². The van der Waals surface area contributed by atoms with Gasteiger partial charge < -0.3 is 4.74 Å². The third-order valence-corrected chi connectivity index (χ3v) is 4.92. The summed E-state index contributed by atoms with van der Waals surface area (Å²) in [4.78, 5) is 12.1. The Morgan fingerprint density at radius 3 is 2.75 bits per heavy atom. The van der Waals surface area contributed by atoms with Crippen LogP contribution in [0.5, 0.6) is 5.75 Å². The van der Waals surface area contributed by atoms with Gasteiger partial charge in [0, 0.05) is 5.92 Å². The second-order valence-corrected chi connectivity index (χ2v) is 8.32. The fraction of sp³-hybridized carbons (Fsp3) is 0.500. The SMILES string of the molecule is Cc1ccc(OCC(=O)Nc2nnc(C3CC3)s2)c(C(C)(C)C)c1. The Bertz CT molecular complexity index is 745. The van der Waals surface area contributed by atoms with Crippen LogP contribution in [-0.4, -0.2) is 22.7 Å². The molecule has 1 fully saturated rings. The quantitative estimate of drug-likeness (QED) is 0.888. The molecule has 0 saturated heterocycles. The van der Waals surface area contributed by atoms with Crippen molar-refractivity contribution in [3.05, 3.63) is 34.3 Å². The van der Waals surface area contributed by atoms with Gasteiger partial charge >= 0.3 is 0 Å². The molecule has 0 radical (unpaired) electrons. The van der Waals surface area contributed by atoms with E-state index in [0.717, 1.165) is 16.3 Å². The first kappa shape index (κ1) is 16.9. The van der Waals surface area contributed by atoms with Crippen molar-refractivity contribution in [1.82, 2.24) is 10.2 Å². The van der Waals surface area contributed by atoms with Crippen LogP contribution in [0.4, 0.5) is 5.13 Å². The summed E-state index contributed by atoms with van der Waals surface area (Å²) in [5, 5.41) is 12.5. The number of ether oxygens (including phenoxy) is 1. The van der Waals surface area contributed by atoms with Gasteiger partial charge in [-0.25, -0.2) is 0 Å². The molecule has 1 amide bonds. The number of amides is 1. The molecule has 0 aliphatic heterocycles. The Morgan fingerprint density at radius 2 is 2.08 bits per heavy atom. The van der Waals surface area contributed by atoms with Crippen molar-refractivity contribution >= 4 is 22.4 Å². The molecule has 2 aromatic rings. The van der Waals surface area contributed by atoms with Gasteiger partial charge in [0.05, 0.1) is 0 Å². The summed E-state index contributed by atoms with van der Waals surface area (Å²) in [6.07, 6.45) is 2.35. The second-order valence-electron chi connectivity index (χ2n) is 7.31. The number of hydrogen-bond donors (Lipinski definition) is 1. The highest BCUT2D eigenvalue weighted by atomic mass is 32.1. The molecule has 24 heavy (non-hydrogen) atoms. The third-order valence-electron chi connectivity index (χ3n) is 3.92. The monoisotopic (exact) mass is 345 g/mol. The van der Waals surface area contributed by atoms with E-state index in [2.05, 4.69) is 49.3 Å². The van der Waals surface area contributed by atoms with E-state index in [1.54, 1.807) is 0 Å². The minimum Gasteiger partial charge on any atom is -0.483 e. The molecule has 1 aliphatic rings. The highest BCUT2D eigenvalue weighted by Crippen LogP contribution is 2.42. The van der Waals surface area contributed by atoms with Gasteiger partial charge in [-0.3, -0.25) is 10.1 Å². The Balaban J connectivity index is 1.61. The topological polar surface area (TPSA) is 64.1 Å². The van der Waals surface area contributed by atoms with Crippen molar-refractivity contribution in [3.63, 3.8) is 0 Å². The predicted octanol–water partition coefficient (Wildman–Crippen LogP) is 4.04. The predicted molar refractivity (Wildman–Crippen MR) is 95.9 cm³/mol. The minimum atomic E-state index is -0.214. The van der Waals surface area contributed by atoms with E-state index < -0.39 is 0 Å². The van der Waals surface area contributed by atoms with Crippen molar-refractivity contribution in [1.29, 1.82) is 0 Å². The number of carbonyl (C=O) groups is 1. The molecule has 1 aliphatic carbocycles. The molecular weight excluding hydrogens is 322 g/mol. The molecule has 1 saturated carbocycles. The zero-order valence-corrected chi connectivity index (χ0v) is 15.4. The maximum absolute atomic E-state index is 12.1. The standard InChI is InChI=1S/C18H23N3O2S/c1-11-5-8-14(13(9-11)18(2,3)4)23-10-15(22)19-17-21-20-16(24-17)12-6-7-12/h5,8-9,12H,6-7,10H2,1-4H3,(H,19,21,22). The lowest BCUT2D eigenvalue weighted by molar-refractivity contribution is -0.118. The highest BCUT2D eigenvalue weighted by molar-refractivity contribution is 7.15. The lowest BCUT2D eigenvalue weighted by Gasteiger charge is -2.23. The van der Waals surface area contributed by atoms with Crippen molar-refractivity contribution in [2.45, 2.75) is 51.9 Å². The van der Waals surface area contributed by atoms with E-state index >= 15 is 0 Å². The van der Waals surface area contributed by atoms with E-state index in [1.165, 1.54) is 29.7 Å². The molecule has 0 atom stereocenters. The summed E-state index contributed by atoms with van der Waals surface area (Å²) in [7, 11) is 0. The average molecular weight is 345 g/mol. The number of aromatic nitrogens is 2. The molecule has 0 spiro atoms. The van der Waals surface area contributed by atoms with Gasteiger partial charge in [0.2, 0.25) is 5.13 Å². The Hall–Kier alpha value is -1.95. The molecule has 5 nitrogen and oxygen atoms in total. The zero-order valence-electron chi connectivity index (χ0n) is 14.5. The van der Waals surface area contributed by atoms with E-state index in [-0.39, 0.29) is 17.9 Å². The maximum Gasteiger partial charge on any atom is 0.264 e. The Labute approximate surface area is 146 Å². The first-order valence-electron chi connectivity index (χ1n) is 8.20. The van der Waals surface area contributed by atoms with Gasteiger partial charge in [-0.1, -0.05) is 49.8 Å². The van der Waals surface area contributed by atoms with Crippen LogP contribution in [0.3, 0.4) is 0 Å². The summed E-state index contributed by atoms with van der Waals surface area (Å²) in [6.45, 7) is 8.42. The molecule has 1 heterocycles. The minimum absolute atomic E-state index is 0.0372. The maximum atomic E-state index is 12.1. The molecule has 0 unspecified atom stereocenters. The number of rotatable bonds is 5. The summed E-state index contributed by atoms with van der Waals surface area (Å²) in [6, 6.07) is 6.04. The van der Waals surface area contributed by atoms with Crippen molar-refractivity contribution in [2.24, 2.45) is 0 Å². The van der Waals surface area contributed by atoms with Crippen LogP contribution in [0, 0.1) is 6.92 Å². The molecule has 1 aromatic heterocycles. The average Bonchev–Trinajstić information content (AvgIpc) is 3.25.